The lowest BCUT2D eigenvalue weighted by Gasteiger charge is -2.21. The summed E-state index contributed by atoms with van der Waals surface area (Å²) in [5.41, 5.74) is 0.480. The molecular weight excluding hydrogens is 350 g/mol. The van der Waals surface area contributed by atoms with Crippen LogP contribution in [0.2, 0.25) is 0 Å². The highest BCUT2D eigenvalue weighted by atomic mass is 32.2. The molecule has 0 radical (unpaired) electrons. The molecule has 1 aromatic rings. The summed E-state index contributed by atoms with van der Waals surface area (Å²) in [6, 6.07) is 6.60. The number of rotatable bonds is 3. The first-order chi connectivity index (χ1) is 12.6. The molecule has 4 rings (SSSR count). The van der Waals surface area contributed by atoms with Crippen molar-refractivity contribution in [1.82, 2.24) is 14.5 Å². The number of likely N-dealkylation sites (tertiary alicyclic amines) is 1. The van der Waals surface area contributed by atoms with E-state index in [0.717, 1.165) is 51.9 Å². The molecule has 2 atom stereocenters. The predicted molar refractivity (Wildman–Crippen MR) is 99.4 cm³/mol. The Hall–Kier alpha value is -1.44. The molecule has 1 aromatic carbocycles. The fourth-order valence-corrected chi connectivity index (χ4v) is 5.99. The van der Waals surface area contributed by atoms with Crippen molar-refractivity contribution in [2.24, 2.45) is 11.8 Å². The monoisotopic (exact) mass is 377 g/mol. The van der Waals surface area contributed by atoms with Gasteiger partial charge in [0.05, 0.1) is 4.90 Å². The van der Waals surface area contributed by atoms with Gasteiger partial charge < -0.3 is 10.2 Å². The lowest BCUT2D eigenvalue weighted by Crippen LogP contribution is -2.33. The third-order valence-electron chi connectivity index (χ3n) is 5.96. The number of nitrogens with zero attached hydrogens (tertiary/aromatic N) is 2. The zero-order valence-electron chi connectivity index (χ0n) is 15.1. The van der Waals surface area contributed by atoms with Crippen LogP contribution in [0.3, 0.4) is 0 Å². The highest BCUT2D eigenvalue weighted by Gasteiger charge is 2.38. The Labute approximate surface area is 155 Å². The molecule has 3 fully saturated rings. The largest absolute Gasteiger partial charge is 0.338 e. The van der Waals surface area contributed by atoms with Crippen LogP contribution in [0.25, 0.3) is 0 Å². The summed E-state index contributed by atoms with van der Waals surface area (Å²) in [4.78, 5) is 15.0. The summed E-state index contributed by atoms with van der Waals surface area (Å²) in [6.07, 6.45) is 3.97. The van der Waals surface area contributed by atoms with Crippen molar-refractivity contribution in [2.45, 2.75) is 30.6 Å². The van der Waals surface area contributed by atoms with Gasteiger partial charge in [-0.3, -0.25) is 4.79 Å². The van der Waals surface area contributed by atoms with E-state index in [-0.39, 0.29) is 10.8 Å². The minimum absolute atomic E-state index is 0.0488. The van der Waals surface area contributed by atoms with E-state index in [9.17, 15) is 13.2 Å². The summed E-state index contributed by atoms with van der Waals surface area (Å²) in [5.74, 6) is 1.01. The standard InChI is InChI=1S/C19H27N3O3S/c23-19(21-13-16-11-20-12-17(16)14-21)15-6-5-7-18(10-15)26(24,25)22-8-3-1-2-4-9-22/h5-7,10,16-17,20H,1-4,8-9,11-14H2/t16-,17+. The van der Waals surface area contributed by atoms with Gasteiger partial charge in [-0.25, -0.2) is 8.42 Å². The highest BCUT2D eigenvalue weighted by molar-refractivity contribution is 7.89. The number of carbonyl (C=O) groups is 1. The van der Waals surface area contributed by atoms with Crippen LogP contribution >= 0.6 is 0 Å². The Kier molecular flexibility index (Phi) is 5.03. The fourth-order valence-electron chi connectivity index (χ4n) is 4.42. The van der Waals surface area contributed by atoms with Crippen molar-refractivity contribution in [3.05, 3.63) is 29.8 Å². The molecule has 3 aliphatic rings. The topological polar surface area (TPSA) is 69.7 Å². The van der Waals surface area contributed by atoms with Crippen molar-refractivity contribution in [2.75, 3.05) is 39.3 Å². The molecule has 1 N–H and O–H groups in total. The summed E-state index contributed by atoms with van der Waals surface area (Å²) in [5, 5.41) is 3.37. The first kappa shape index (κ1) is 17.9. The number of fused-ring (bicyclic) bond motifs is 1. The Balaban J connectivity index is 1.53. The van der Waals surface area contributed by atoms with Crippen LogP contribution in [0.5, 0.6) is 0 Å². The van der Waals surface area contributed by atoms with E-state index < -0.39 is 10.0 Å². The SMILES string of the molecule is O=C(c1cccc(S(=O)(=O)N2CCCCCC2)c1)N1C[C@H]2CNC[C@H]2C1. The van der Waals surface area contributed by atoms with E-state index >= 15 is 0 Å². The van der Waals surface area contributed by atoms with Crippen molar-refractivity contribution >= 4 is 15.9 Å². The van der Waals surface area contributed by atoms with Crippen LogP contribution in [0, 0.1) is 11.8 Å². The fraction of sp³-hybridized carbons (Fsp3) is 0.632. The molecule has 0 spiro atoms. The summed E-state index contributed by atoms with van der Waals surface area (Å²) >= 11 is 0. The molecule has 1 amide bonds. The quantitative estimate of drug-likeness (QED) is 0.868. The van der Waals surface area contributed by atoms with Crippen LogP contribution < -0.4 is 5.32 Å². The number of carbonyl (C=O) groups excluding carboxylic acids is 1. The Morgan fingerprint density at radius 3 is 2.31 bits per heavy atom. The number of hydrogen-bond acceptors (Lipinski definition) is 4. The van der Waals surface area contributed by atoms with E-state index in [2.05, 4.69) is 5.32 Å². The van der Waals surface area contributed by atoms with Crippen molar-refractivity contribution in [1.29, 1.82) is 0 Å². The molecule has 26 heavy (non-hydrogen) atoms. The van der Waals surface area contributed by atoms with Gasteiger partial charge in [0.25, 0.3) is 5.91 Å². The Morgan fingerprint density at radius 1 is 1.00 bits per heavy atom. The number of sulfonamides is 1. The lowest BCUT2D eigenvalue weighted by atomic mass is 10.0. The third kappa shape index (κ3) is 3.40. The van der Waals surface area contributed by atoms with Gasteiger partial charge in [-0.1, -0.05) is 18.9 Å². The van der Waals surface area contributed by atoms with E-state index in [1.54, 1.807) is 28.6 Å². The smallest absolute Gasteiger partial charge is 0.253 e. The van der Waals surface area contributed by atoms with Crippen molar-refractivity contribution < 1.29 is 13.2 Å². The molecule has 142 valence electrons. The van der Waals surface area contributed by atoms with Crippen LogP contribution in [-0.2, 0) is 10.0 Å². The maximum Gasteiger partial charge on any atom is 0.253 e. The molecule has 6 nitrogen and oxygen atoms in total. The number of benzene rings is 1. The minimum atomic E-state index is -3.53. The van der Waals surface area contributed by atoms with Crippen molar-refractivity contribution in [3.63, 3.8) is 0 Å². The molecular formula is C19H27N3O3S. The van der Waals surface area contributed by atoms with Gasteiger partial charge >= 0.3 is 0 Å². The van der Waals surface area contributed by atoms with Crippen LogP contribution in [0.15, 0.2) is 29.2 Å². The summed E-state index contributed by atoms with van der Waals surface area (Å²) in [7, 11) is -3.53. The highest BCUT2D eigenvalue weighted by Crippen LogP contribution is 2.28. The van der Waals surface area contributed by atoms with Crippen LogP contribution in [0.1, 0.15) is 36.0 Å². The number of hydrogen-bond donors (Lipinski definition) is 1. The number of amides is 1. The van der Waals surface area contributed by atoms with Gasteiger partial charge in [0.15, 0.2) is 0 Å². The van der Waals surface area contributed by atoms with Crippen molar-refractivity contribution in [3.8, 4) is 0 Å². The molecule has 0 aliphatic carbocycles. The van der Waals surface area contributed by atoms with E-state index in [1.807, 2.05) is 4.90 Å². The number of nitrogens with one attached hydrogen (secondary N) is 1. The maximum absolute atomic E-state index is 13.0. The van der Waals surface area contributed by atoms with Crippen LogP contribution in [0.4, 0.5) is 0 Å². The van der Waals surface area contributed by atoms with Gasteiger partial charge in [0.2, 0.25) is 10.0 Å². The average Bonchev–Trinajstić information content (AvgIpc) is 3.13. The van der Waals surface area contributed by atoms with Gasteiger partial charge in [0, 0.05) is 44.8 Å². The molecule has 0 aromatic heterocycles. The van der Waals surface area contributed by atoms with E-state index in [0.29, 0.717) is 30.5 Å². The Morgan fingerprint density at radius 2 is 1.65 bits per heavy atom. The maximum atomic E-state index is 13.0. The zero-order chi connectivity index (χ0) is 18.1. The molecule has 0 bridgehead atoms. The predicted octanol–water partition coefficient (Wildman–Crippen LogP) is 1.54. The zero-order valence-corrected chi connectivity index (χ0v) is 15.9. The second kappa shape index (κ2) is 7.29. The lowest BCUT2D eigenvalue weighted by molar-refractivity contribution is 0.0781. The molecule has 3 heterocycles. The van der Waals surface area contributed by atoms with Gasteiger partial charge in [-0.2, -0.15) is 4.31 Å². The second-order valence-corrected chi connectivity index (χ2v) is 9.67. The third-order valence-corrected chi connectivity index (χ3v) is 7.86. The first-order valence-corrected chi connectivity index (χ1v) is 11.1. The minimum Gasteiger partial charge on any atom is -0.338 e. The summed E-state index contributed by atoms with van der Waals surface area (Å²) in [6.45, 7) is 4.61. The second-order valence-electron chi connectivity index (χ2n) is 7.73. The van der Waals surface area contributed by atoms with Gasteiger partial charge in [-0.15, -0.1) is 0 Å². The molecule has 3 saturated heterocycles. The van der Waals surface area contributed by atoms with E-state index in [1.165, 1.54) is 0 Å². The normalized spacial score (nSPS) is 27.3. The van der Waals surface area contributed by atoms with Crippen LogP contribution in [-0.4, -0.2) is 62.8 Å². The average molecular weight is 378 g/mol. The van der Waals surface area contributed by atoms with Gasteiger partial charge in [0.1, 0.15) is 0 Å². The molecule has 3 aliphatic heterocycles. The molecule has 7 heteroatoms. The van der Waals surface area contributed by atoms with Gasteiger partial charge in [-0.05, 0) is 42.9 Å². The van der Waals surface area contributed by atoms with E-state index in [4.69, 9.17) is 0 Å². The molecule has 0 unspecified atom stereocenters. The first-order valence-electron chi connectivity index (χ1n) is 9.66. The molecule has 0 saturated carbocycles. The Bertz CT molecular complexity index is 760. The summed E-state index contributed by atoms with van der Waals surface area (Å²) < 4.78 is 27.6.